The second-order valence-corrected chi connectivity index (χ2v) is 13.8. The third-order valence-corrected chi connectivity index (χ3v) is 10.3. The second-order valence-electron chi connectivity index (χ2n) is 13.8. The van der Waals surface area contributed by atoms with E-state index in [0.29, 0.717) is 48.0 Å². The summed E-state index contributed by atoms with van der Waals surface area (Å²) >= 11 is 0. The summed E-state index contributed by atoms with van der Waals surface area (Å²) in [6.07, 6.45) is 3.92. The Kier molecular flexibility index (Phi) is 8.62. The maximum atomic E-state index is 13.8. The van der Waals surface area contributed by atoms with Crippen molar-refractivity contribution in [1.82, 2.24) is 4.98 Å². The zero-order chi connectivity index (χ0) is 34.6. The number of ether oxygens (including phenoxy) is 4. The fourth-order valence-electron chi connectivity index (χ4n) is 7.67. The average molecular weight is 672 g/mol. The Morgan fingerprint density at radius 2 is 1.94 bits per heavy atom. The van der Waals surface area contributed by atoms with Crippen molar-refractivity contribution in [3.8, 4) is 17.2 Å². The lowest BCUT2D eigenvalue weighted by molar-refractivity contribution is -0.141. The van der Waals surface area contributed by atoms with E-state index in [2.05, 4.69) is 17.1 Å². The summed E-state index contributed by atoms with van der Waals surface area (Å²) in [4.78, 5) is 43.6. The van der Waals surface area contributed by atoms with Crippen LogP contribution in [0, 0.1) is 5.92 Å². The number of aldehydes is 1. The number of ketones is 1. The molecule has 11 nitrogen and oxygen atoms in total. The first-order chi connectivity index (χ1) is 23.6. The van der Waals surface area contributed by atoms with Crippen molar-refractivity contribution in [1.29, 1.82) is 0 Å². The quantitative estimate of drug-likeness (QED) is 0.219. The van der Waals surface area contributed by atoms with E-state index >= 15 is 0 Å². The minimum Gasteiger partial charge on any atom is -0.492 e. The molecule has 4 heterocycles. The van der Waals surface area contributed by atoms with Crippen molar-refractivity contribution in [3.05, 3.63) is 69.1 Å². The average Bonchev–Trinajstić information content (AvgIpc) is 3.74. The summed E-state index contributed by atoms with van der Waals surface area (Å²) in [5.41, 5.74) is 3.89. The fourth-order valence-corrected chi connectivity index (χ4v) is 7.67. The number of Topliss-reactive ketones (excluding diaryl/α,β-unsaturated/α-hetero) is 1. The molecular formula is C38H41NO10. The predicted octanol–water partition coefficient (Wildman–Crippen LogP) is 4.37. The number of aromatic amines is 1. The van der Waals surface area contributed by atoms with Gasteiger partial charge in [0.25, 0.3) is 0 Å². The monoisotopic (exact) mass is 671 g/mol. The number of hydrogen-bond acceptors (Lipinski definition) is 10. The molecule has 0 spiro atoms. The van der Waals surface area contributed by atoms with Crippen LogP contribution in [0.5, 0.6) is 17.2 Å². The molecule has 3 aliphatic heterocycles. The van der Waals surface area contributed by atoms with Gasteiger partial charge in [0.15, 0.2) is 6.29 Å². The van der Waals surface area contributed by atoms with Gasteiger partial charge >= 0.3 is 5.97 Å². The van der Waals surface area contributed by atoms with Crippen LogP contribution < -0.4 is 14.2 Å². The van der Waals surface area contributed by atoms with E-state index < -0.39 is 30.2 Å². The summed E-state index contributed by atoms with van der Waals surface area (Å²) in [5.74, 6) is -1.25. The lowest BCUT2D eigenvalue weighted by atomic mass is 9.74. The van der Waals surface area contributed by atoms with Gasteiger partial charge in [-0.25, -0.2) is 4.79 Å². The summed E-state index contributed by atoms with van der Waals surface area (Å²) in [6.45, 7) is 4.33. The normalized spacial score (nSPS) is 22.1. The van der Waals surface area contributed by atoms with Gasteiger partial charge in [-0.1, -0.05) is 5.57 Å². The molecule has 1 aromatic heterocycles. The number of allylic oxidation sites excluding steroid dienone is 3. The number of aromatic nitrogens is 1. The smallest absolute Gasteiger partial charge is 0.375 e. The molecule has 3 aromatic rings. The number of H-pyrrole nitrogens is 1. The molecule has 3 unspecified atom stereocenters. The molecule has 4 aliphatic rings. The first-order valence-corrected chi connectivity index (χ1v) is 16.9. The maximum Gasteiger partial charge on any atom is 0.375 e. The summed E-state index contributed by atoms with van der Waals surface area (Å²) in [5, 5.41) is 33.3. The molecule has 2 bridgehead atoms. The largest absolute Gasteiger partial charge is 0.492 e. The number of carbonyl (C=O) groups is 3. The first-order valence-electron chi connectivity index (χ1n) is 16.9. The number of fused-ring (bicyclic) bond motifs is 7. The van der Waals surface area contributed by atoms with E-state index in [0.717, 1.165) is 27.6 Å². The molecule has 0 radical (unpaired) electrons. The Bertz CT molecular complexity index is 1930. The van der Waals surface area contributed by atoms with Gasteiger partial charge in [0.05, 0.1) is 42.1 Å². The number of aliphatic hydroxyl groups is 3. The number of benzene rings is 2. The third-order valence-electron chi connectivity index (χ3n) is 10.3. The van der Waals surface area contributed by atoms with Crippen LogP contribution in [0.1, 0.15) is 80.2 Å². The molecule has 49 heavy (non-hydrogen) atoms. The molecule has 11 heteroatoms. The number of esters is 1. The molecule has 3 atom stereocenters. The van der Waals surface area contributed by atoms with Crippen LogP contribution in [0.25, 0.3) is 16.5 Å². The Labute approximate surface area is 283 Å². The fraction of sp³-hybridized carbons (Fsp3) is 0.447. The van der Waals surface area contributed by atoms with E-state index in [-0.39, 0.29) is 79.2 Å². The van der Waals surface area contributed by atoms with E-state index in [1.807, 2.05) is 12.3 Å². The molecule has 2 aromatic carbocycles. The van der Waals surface area contributed by atoms with Gasteiger partial charge in [-0.15, -0.1) is 0 Å². The highest BCUT2D eigenvalue weighted by atomic mass is 16.6. The van der Waals surface area contributed by atoms with Crippen LogP contribution in [-0.2, 0) is 38.6 Å². The molecule has 4 N–H and O–H groups in total. The lowest BCUT2D eigenvalue weighted by Gasteiger charge is -2.32. The van der Waals surface area contributed by atoms with Crippen LogP contribution in [0.3, 0.4) is 0 Å². The standard InChI is InChI=1S/C38H41NO10/c1-4-46-37(44)36-26(16-41)31-22-7-8-29(43)24(12-22)23-11-21-9-10-39-28(21)13-20(23)6-5-19(15-40)18-47-34-25-14-30(38(2,3)45)48-33(25)27(17-42)35(49-36)32(31)34/h9-11,13,16,19,24,30,39-40,42,45H,4-8,12,14-15,17-18H2,1-3H3. The van der Waals surface area contributed by atoms with Gasteiger partial charge in [-0.05, 0) is 81.2 Å². The zero-order valence-electron chi connectivity index (χ0n) is 27.9. The third kappa shape index (κ3) is 5.63. The number of nitrogens with one attached hydrogen (secondary N) is 1. The van der Waals surface area contributed by atoms with Crippen molar-refractivity contribution < 1.29 is 48.7 Å². The van der Waals surface area contributed by atoms with Crippen LogP contribution in [0.15, 0.2) is 41.3 Å². The Morgan fingerprint density at radius 3 is 2.65 bits per heavy atom. The highest BCUT2D eigenvalue weighted by molar-refractivity contribution is 6.11. The Balaban J connectivity index is 1.54. The Morgan fingerprint density at radius 1 is 1.12 bits per heavy atom. The van der Waals surface area contributed by atoms with E-state index in [1.54, 1.807) is 20.8 Å². The van der Waals surface area contributed by atoms with Gasteiger partial charge in [0, 0.05) is 54.1 Å². The van der Waals surface area contributed by atoms with Crippen LogP contribution in [0.4, 0.5) is 0 Å². The number of aryl methyl sites for hydroxylation is 1. The summed E-state index contributed by atoms with van der Waals surface area (Å²) < 4.78 is 24.5. The van der Waals surface area contributed by atoms with Crippen LogP contribution in [-0.4, -0.2) is 69.9 Å². The molecule has 1 aliphatic carbocycles. The molecule has 0 amide bonds. The number of hydrogen-bond donors (Lipinski definition) is 4. The number of rotatable bonds is 6. The summed E-state index contributed by atoms with van der Waals surface area (Å²) in [7, 11) is 0. The van der Waals surface area contributed by atoms with Crippen LogP contribution >= 0.6 is 0 Å². The SMILES string of the molecule is CCOC(=O)C1=C(C=O)C2=C3CCC(=O)C(C3)c3cc4cc[nH]c4cc3CCC(CO)COc3c4c(c(CO)c(c32)O1)OC(C(C)(C)O)C4. The highest BCUT2D eigenvalue weighted by Crippen LogP contribution is 2.56. The molecular weight excluding hydrogens is 630 g/mol. The number of carbonyl (C=O) groups excluding carboxylic acids is 3. The molecule has 1 fully saturated rings. The summed E-state index contributed by atoms with van der Waals surface area (Å²) in [6, 6.07) is 6.09. The van der Waals surface area contributed by atoms with Gasteiger partial charge < -0.3 is 39.3 Å². The van der Waals surface area contributed by atoms with Crippen molar-refractivity contribution >= 4 is 34.5 Å². The van der Waals surface area contributed by atoms with E-state index in [4.69, 9.17) is 18.9 Å². The minimum atomic E-state index is -1.27. The molecule has 0 saturated heterocycles. The van der Waals surface area contributed by atoms with Crippen molar-refractivity contribution in [2.45, 2.75) is 83.5 Å². The van der Waals surface area contributed by atoms with Crippen molar-refractivity contribution in [2.75, 3.05) is 19.8 Å². The predicted molar refractivity (Wildman–Crippen MR) is 178 cm³/mol. The highest BCUT2D eigenvalue weighted by Gasteiger charge is 2.45. The maximum absolute atomic E-state index is 13.8. The van der Waals surface area contributed by atoms with E-state index in [9.17, 15) is 29.7 Å². The Hall–Kier alpha value is -4.45. The number of aliphatic hydroxyl groups excluding tert-OH is 2. The topological polar surface area (TPSA) is 165 Å². The van der Waals surface area contributed by atoms with Gasteiger partial charge in [0.2, 0.25) is 5.76 Å². The second kappa shape index (κ2) is 12.8. The molecule has 7 rings (SSSR count). The van der Waals surface area contributed by atoms with E-state index in [1.165, 1.54) is 0 Å². The van der Waals surface area contributed by atoms with Crippen molar-refractivity contribution in [3.63, 3.8) is 0 Å². The minimum absolute atomic E-state index is 0.0297. The molecule has 1 saturated carbocycles. The molecule has 258 valence electrons. The van der Waals surface area contributed by atoms with Gasteiger partial charge in [-0.2, -0.15) is 0 Å². The first kappa shape index (κ1) is 33.1. The van der Waals surface area contributed by atoms with Crippen LogP contribution in [0.2, 0.25) is 0 Å². The van der Waals surface area contributed by atoms with Crippen molar-refractivity contribution in [2.24, 2.45) is 5.92 Å². The van der Waals surface area contributed by atoms with Gasteiger partial charge in [-0.3, -0.25) is 9.59 Å². The lowest BCUT2D eigenvalue weighted by Crippen LogP contribution is -2.39. The zero-order valence-corrected chi connectivity index (χ0v) is 27.9. The van der Waals surface area contributed by atoms with Gasteiger partial charge in [0.1, 0.15) is 29.1 Å².